The number of anilines is 2. The lowest BCUT2D eigenvalue weighted by Gasteiger charge is -2.09. The predicted molar refractivity (Wildman–Crippen MR) is 88.3 cm³/mol. The van der Waals surface area contributed by atoms with Crippen LogP contribution in [-0.4, -0.2) is 15.7 Å². The van der Waals surface area contributed by atoms with Gasteiger partial charge in [-0.1, -0.05) is 6.92 Å². The molecule has 0 aliphatic heterocycles. The van der Waals surface area contributed by atoms with Gasteiger partial charge in [-0.15, -0.1) is 0 Å². The van der Waals surface area contributed by atoms with E-state index in [1.54, 1.807) is 22.9 Å². The number of nitrogens with one attached hydrogen (secondary N) is 1. The van der Waals surface area contributed by atoms with Crippen LogP contribution in [0, 0.1) is 13.8 Å². The standard InChI is InChI=1S/C15H19BrN4O/c1-4-12-9(2)19-20(10(12)3)8-15(21)18-14-6-5-11(17)7-13(14)16/h5-7H,4,8,17H2,1-3H3,(H,18,21). The molecule has 6 heteroatoms. The van der Waals surface area contributed by atoms with Crippen LogP contribution in [0.1, 0.15) is 23.9 Å². The van der Waals surface area contributed by atoms with Gasteiger partial charge in [-0.05, 0) is 60.0 Å². The summed E-state index contributed by atoms with van der Waals surface area (Å²) in [4.78, 5) is 12.2. The van der Waals surface area contributed by atoms with Crippen molar-refractivity contribution in [2.24, 2.45) is 0 Å². The Morgan fingerprint density at radius 2 is 2.14 bits per heavy atom. The van der Waals surface area contributed by atoms with E-state index in [2.05, 4.69) is 33.3 Å². The number of amides is 1. The van der Waals surface area contributed by atoms with Gasteiger partial charge in [0.15, 0.2) is 0 Å². The number of nitrogen functional groups attached to an aromatic ring is 1. The third-order valence-electron chi connectivity index (χ3n) is 3.45. The van der Waals surface area contributed by atoms with Crippen molar-refractivity contribution in [2.45, 2.75) is 33.7 Å². The third kappa shape index (κ3) is 3.44. The first kappa shape index (κ1) is 15.6. The molecule has 1 heterocycles. The normalized spacial score (nSPS) is 10.7. The van der Waals surface area contributed by atoms with Crippen LogP contribution in [-0.2, 0) is 17.8 Å². The number of nitrogens with two attached hydrogens (primary N) is 1. The summed E-state index contributed by atoms with van der Waals surface area (Å²) in [6.45, 7) is 6.25. The fourth-order valence-corrected chi connectivity index (χ4v) is 2.85. The highest BCUT2D eigenvalue weighted by molar-refractivity contribution is 9.10. The number of aromatic nitrogens is 2. The minimum absolute atomic E-state index is 0.117. The van der Waals surface area contributed by atoms with Crippen LogP contribution in [0.25, 0.3) is 0 Å². The Hall–Kier alpha value is -1.82. The Bertz CT molecular complexity index is 679. The molecule has 112 valence electrons. The number of halogens is 1. The topological polar surface area (TPSA) is 72.9 Å². The molecular formula is C15H19BrN4O. The summed E-state index contributed by atoms with van der Waals surface area (Å²) in [6, 6.07) is 5.28. The van der Waals surface area contributed by atoms with E-state index in [4.69, 9.17) is 5.73 Å². The second-order valence-electron chi connectivity index (χ2n) is 4.95. The van der Waals surface area contributed by atoms with Crippen LogP contribution >= 0.6 is 15.9 Å². The molecule has 1 aromatic carbocycles. The quantitative estimate of drug-likeness (QED) is 0.832. The van der Waals surface area contributed by atoms with Crippen molar-refractivity contribution in [2.75, 3.05) is 11.1 Å². The van der Waals surface area contributed by atoms with Gasteiger partial charge in [0, 0.05) is 15.9 Å². The lowest BCUT2D eigenvalue weighted by Crippen LogP contribution is -2.20. The van der Waals surface area contributed by atoms with Gasteiger partial charge in [0.1, 0.15) is 6.54 Å². The molecule has 1 amide bonds. The van der Waals surface area contributed by atoms with E-state index >= 15 is 0 Å². The summed E-state index contributed by atoms with van der Waals surface area (Å²) in [5.41, 5.74) is 10.3. The SMILES string of the molecule is CCc1c(C)nn(CC(=O)Nc2ccc(N)cc2Br)c1C. The molecule has 0 aliphatic rings. The molecule has 0 radical (unpaired) electrons. The van der Waals surface area contributed by atoms with Gasteiger partial charge < -0.3 is 11.1 Å². The molecule has 0 bridgehead atoms. The van der Waals surface area contributed by atoms with E-state index in [1.165, 1.54) is 5.56 Å². The van der Waals surface area contributed by atoms with Gasteiger partial charge in [-0.2, -0.15) is 5.10 Å². The third-order valence-corrected chi connectivity index (χ3v) is 4.10. The zero-order valence-corrected chi connectivity index (χ0v) is 14.0. The van der Waals surface area contributed by atoms with Crippen molar-refractivity contribution in [1.29, 1.82) is 0 Å². The summed E-state index contributed by atoms with van der Waals surface area (Å²) in [5, 5.41) is 7.28. The predicted octanol–water partition coefficient (Wildman–Crippen LogP) is 3.05. The molecule has 0 spiro atoms. The highest BCUT2D eigenvalue weighted by atomic mass is 79.9. The second kappa shape index (κ2) is 6.30. The van der Waals surface area contributed by atoms with Crippen LogP contribution in [0.2, 0.25) is 0 Å². The number of nitrogens with zero attached hydrogens (tertiary/aromatic N) is 2. The average Bonchev–Trinajstić information content (AvgIpc) is 2.67. The van der Waals surface area contributed by atoms with E-state index in [9.17, 15) is 4.79 Å². The molecule has 21 heavy (non-hydrogen) atoms. The number of carbonyl (C=O) groups excluding carboxylic acids is 1. The Morgan fingerprint density at radius 1 is 1.43 bits per heavy atom. The first-order valence-electron chi connectivity index (χ1n) is 6.80. The highest BCUT2D eigenvalue weighted by Gasteiger charge is 2.13. The maximum atomic E-state index is 12.2. The van der Waals surface area contributed by atoms with Crippen LogP contribution in [0.4, 0.5) is 11.4 Å². The van der Waals surface area contributed by atoms with Crippen LogP contribution in [0.3, 0.4) is 0 Å². The van der Waals surface area contributed by atoms with Crippen LogP contribution in [0.15, 0.2) is 22.7 Å². The smallest absolute Gasteiger partial charge is 0.246 e. The first-order valence-corrected chi connectivity index (χ1v) is 7.59. The minimum atomic E-state index is -0.117. The molecule has 0 unspecified atom stereocenters. The molecule has 0 saturated heterocycles. The number of aryl methyl sites for hydroxylation is 1. The van der Waals surface area contributed by atoms with E-state index < -0.39 is 0 Å². The molecule has 2 rings (SSSR count). The zero-order chi connectivity index (χ0) is 15.6. The van der Waals surface area contributed by atoms with E-state index in [0.717, 1.165) is 22.3 Å². The Balaban J connectivity index is 2.12. The molecule has 5 nitrogen and oxygen atoms in total. The lowest BCUT2D eigenvalue weighted by molar-refractivity contribution is -0.116. The van der Waals surface area contributed by atoms with Gasteiger partial charge in [-0.3, -0.25) is 9.48 Å². The molecule has 0 saturated carbocycles. The molecule has 2 aromatic rings. The minimum Gasteiger partial charge on any atom is -0.399 e. The van der Waals surface area contributed by atoms with Crippen LogP contribution in [0.5, 0.6) is 0 Å². The number of hydrogen-bond donors (Lipinski definition) is 2. The number of hydrogen-bond acceptors (Lipinski definition) is 3. The van der Waals surface area contributed by atoms with Gasteiger partial charge in [-0.25, -0.2) is 0 Å². The van der Waals surface area contributed by atoms with Gasteiger partial charge in [0.05, 0.1) is 11.4 Å². The molecule has 0 fully saturated rings. The maximum Gasteiger partial charge on any atom is 0.246 e. The Morgan fingerprint density at radius 3 is 2.71 bits per heavy atom. The summed E-state index contributed by atoms with van der Waals surface area (Å²) in [5.74, 6) is -0.117. The molecule has 0 atom stereocenters. The lowest BCUT2D eigenvalue weighted by atomic mass is 10.1. The van der Waals surface area contributed by atoms with Crippen molar-refractivity contribution in [3.8, 4) is 0 Å². The number of carbonyl (C=O) groups is 1. The number of benzene rings is 1. The highest BCUT2D eigenvalue weighted by Crippen LogP contribution is 2.24. The maximum absolute atomic E-state index is 12.2. The zero-order valence-electron chi connectivity index (χ0n) is 12.4. The van der Waals surface area contributed by atoms with Crippen molar-refractivity contribution in [3.63, 3.8) is 0 Å². The van der Waals surface area contributed by atoms with Crippen molar-refractivity contribution in [3.05, 3.63) is 39.6 Å². The molecule has 0 aliphatic carbocycles. The van der Waals surface area contributed by atoms with Crippen LogP contribution < -0.4 is 11.1 Å². The monoisotopic (exact) mass is 350 g/mol. The van der Waals surface area contributed by atoms with Crippen molar-refractivity contribution < 1.29 is 4.79 Å². The van der Waals surface area contributed by atoms with E-state index in [0.29, 0.717) is 11.4 Å². The summed E-state index contributed by atoms with van der Waals surface area (Å²) in [7, 11) is 0. The first-order chi connectivity index (χ1) is 9.92. The Kier molecular flexibility index (Phi) is 4.67. The fourth-order valence-electron chi connectivity index (χ4n) is 2.36. The second-order valence-corrected chi connectivity index (χ2v) is 5.80. The number of rotatable bonds is 4. The average molecular weight is 351 g/mol. The molecule has 1 aromatic heterocycles. The van der Waals surface area contributed by atoms with E-state index in [-0.39, 0.29) is 12.5 Å². The Labute approximate surface area is 132 Å². The summed E-state index contributed by atoms with van der Waals surface area (Å²) < 4.78 is 2.51. The van der Waals surface area contributed by atoms with Crippen molar-refractivity contribution >= 4 is 33.2 Å². The largest absolute Gasteiger partial charge is 0.399 e. The van der Waals surface area contributed by atoms with Gasteiger partial charge >= 0.3 is 0 Å². The van der Waals surface area contributed by atoms with Gasteiger partial charge in [0.25, 0.3) is 0 Å². The molecule has 3 N–H and O–H groups in total. The van der Waals surface area contributed by atoms with Gasteiger partial charge in [0.2, 0.25) is 5.91 Å². The fraction of sp³-hybridized carbons (Fsp3) is 0.333. The van der Waals surface area contributed by atoms with E-state index in [1.807, 2.05) is 13.8 Å². The van der Waals surface area contributed by atoms with Crippen molar-refractivity contribution in [1.82, 2.24) is 9.78 Å². The molecular weight excluding hydrogens is 332 g/mol. The summed E-state index contributed by atoms with van der Waals surface area (Å²) >= 11 is 3.39. The summed E-state index contributed by atoms with van der Waals surface area (Å²) in [6.07, 6.45) is 0.919.